The van der Waals surface area contributed by atoms with Crippen LogP contribution in [0.1, 0.15) is 12.5 Å². The molecule has 1 unspecified atom stereocenters. The van der Waals surface area contributed by atoms with Crippen molar-refractivity contribution in [3.8, 4) is 0 Å². The number of likely N-dealkylation sites (N-methyl/N-ethyl adjacent to an activating group) is 1. The minimum Gasteiger partial charge on any atom is -0.399 e. The molecule has 0 spiro atoms. The minimum absolute atomic E-state index is 0.635. The van der Waals surface area contributed by atoms with Gasteiger partial charge in [0.1, 0.15) is 0 Å². The van der Waals surface area contributed by atoms with Gasteiger partial charge in [0.05, 0.1) is 0 Å². The topological polar surface area (TPSA) is 29.3 Å². The lowest BCUT2D eigenvalue weighted by Crippen LogP contribution is -2.32. The molecule has 2 nitrogen and oxygen atoms in total. The fourth-order valence-corrected chi connectivity index (χ4v) is 2.38. The average molecular weight is 238 g/mol. The van der Waals surface area contributed by atoms with Gasteiger partial charge in [0.25, 0.3) is 0 Å². The highest BCUT2D eigenvalue weighted by molar-refractivity contribution is 7.98. The summed E-state index contributed by atoms with van der Waals surface area (Å²) >= 11 is 1.90. The molecule has 0 fully saturated rings. The lowest BCUT2D eigenvalue weighted by molar-refractivity contribution is 0.281. The third-order valence-electron chi connectivity index (χ3n) is 2.86. The molecule has 90 valence electrons. The van der Waals surface area contributed by atoms with Gasteiger partial charge in [-0.25, -0.2) is 0 Å². The maximum absolute atomic E-state index is 5.76. The van der Waals surface area contributed by atoms with Gasteiger partial charge >= 0.3 is 0 Å². The summed E-state index contributed by atoms with van der Waals surface area (Å²) in [5, 5.41) is 0. The van der Waals surface area contributed by atoms with Gasteiger partial charge in [0.2, 0.25) is 0 Å². The molecule has 2 N–H and O–H groups in total. The number of nitrogens with two attached hydrogens (primary N) is 1. The van der Waals surface area contributed by atoms with Gasteiger partial charge in [-0.05, 0) is 44.3 Å². The maximum atomic E-state index is 5.76. The number of hydrogen-bond acceptors (Lipinski definition) is 3. The van der Waals surface area contributed by atoms with E-state index in [1.807, 2.05) is 23.9 Å². The molecule has 0 heterocycles. The molecule has 1 aromatic rings. The van der Waals surface area contributed by atoms with Gasteiger partial charge in [0, 0.05) is 24.0 Å². The van der Waals surface area contributed by atoms with Crippen molar-refractivity contribution < 1.29 is 0 Å². The first-order chi connectivity index (χ1) is 7.63. The number of thioether (sulfide) groups is 1. The third kappa shape index (κ3) is 4.45. The van der Waals surface area contributed by atoms with Crippen LogP contribution in [0.5, 0.6) is 0 Å². The van der Waals surface area contributed by atoms with Gasteiger partial charge < -0.3 is 10.6 Å². The van der Waals surface area contributed by atoms with Gasteiger partial charge in [-0.1, -0.05) is 12.1 Å². The van der Waals surface area contributed by atoms with Crippen molar-refractivity contribution in [2.24, 2.45) is 0 Å². The molecule has 1 rings (SSSR count). The van der Waals surface area contributed by atoms with E-state index in [1.165, 1.54) is 11.3 Å². The Hall–Kier alpha value is -0.670. The Balaban J connectivity index is 2.39. The van der Waals surface area contributed by atoms with Gasteiger partial charge in [-0.2, -0.15) is 11.8 Å². The Bertz CT molecular complexity index is 315. The smallest absolute Gasteiger partial charge is 0.0316 e. The molecular weight excluding hydrogens is 216 g/mol. The molecule has 1 atom stereocenters. The fourth-order valence-electron chi connectivity index (χ4n) is 1.64. The zero-order valence-corrected chi connectivity index (χ0v) is 11.3. The quantitative estimate of drug-likeness (QED) is 0.772. The summed E-state index contributed by atoms with van der Waals surface area (Å²) in [6, 6.07) is 8.80. The van der Waals surface area contributed by atoms with E-state index in [4.69, 9.17) is 5.73 Å². The number of rotatable bonds is 6. The monoisotopic (exact) mass is 238 g/mol. The molecule has 0 aliphatic carbocycles. The minimum atomic E-state index is 0.635. The highest BCUT2D eigenvalue weighted by atomic mass is 32.2. The molecule has 0 aliphatic heterocycles. The highest BCUT2D eigenvalue weighted by Gasteiger charge is 2.07. The van der Waals surface area contributed by atoms with Crippen LogP contribution in [-0.2, 0) is 6.42 Å². The second-order valence-electron chi connectivity index (χ2n) is 4.28. The summed E-state index contributed by atoms with van der Waals surface area (Å²) < 4.78 is 0. The Labute approximate surface area is 103 Å². The van der Waals surface area contributed by atoms with Gasteiger partial charge in [-0.15, -0.1) is 0 Å². The first-order valence-corrected chi connectivity index (χ1v) is 7.06. The van der Waals surface area contributed by atoms with Crippen molar-refractivity contribution >= 4 is 17.4 Å². The van der Waals surface area contributed by atoms with Crippen molar-refractivity contribution in [2.75, 3.05) is 31.3 Å². The van der Waals surface area contributed by atoms with E-state index in [0.717, 1.165) is 18.7 Å². The molecular formula is C13H22N2S. The summed E-state index contributed by atoms with van der Waals surface area (Å²) in [4.78, 5) is 2.40. The van der Waals surface area contributed by atoms with Crippen LogP contribution in [0.25, 0.3) is 0 Å². The molecule has 0 aliphatic rings. The van der Waals surface area contributed by atoms with Crippen LogP contribution in [0.4, 0.5) is 5.69 Å². The number of anilines is 1. The number of nitrogens with zero attached hydrogens (tertiary/aromatic N) is 1. The summed E-state index contributed by atoms with van der Waals surface area (Å²) in [7, 11) is 2.19. The van der Waals surface area contributed by atoms with E-state index in [0.29, 0.717) is 6.04 Å². The van der Waals surface area contributed by atoms with Crippen molar-refractivity contribution in [3.05, 3.63) is 29.8 Å². The Morgan fingerprint density at radius 2 is 2.19 bits per heavy atom. The molecule has 16 heavy (non-hydrogen) atoms. The normalized spacial score (nSPS) is 13.0. The average Bonchev–Trinajstić information content (AvgIpc) is 2.26. The predicted octanol–water partition coefficient (Wildman–Crippen LogP) is 2.49. The fraction of sp³-hybridized carbons (Fsp3) is 0.538. The first kappa shape index (κ1) is 13.4. The molecule has 1 aromatic carbocycles. The standard InChI is InChI=1S/C13H22N2S/c1-11(10-16-3)15(2)8-7-12-5-4-6-13(14)9-12/h4-6,9,11H,7-8,10,14H2,1-3H3. The van der Waals surface area contributed by atoms with Crippen LogP contribution in [-0.4, -0.2) is 36.5 Å². The van der Waals surface area contributed by atoms with E-state index >= 15 is 0 Å². The van der Waals surface area contributed by atoms with E-state index in [2.05, 4.69) is 37.3 Å². The van der Waals surface area contributed by atoms with Gasteiger partial charge in [0.15, 0.2) is 0 Å². The lowest BCUT2D eigenvalue weighted by Gasteiger charge is -2.23. The number of hydrogen-bond donors (Lipinski definition) is 1. The zero-order chi connectivity index (χ0) is 12.0. The maximum Gasteiger partial charge on any atom is 0.0316 e. The predicted molar refractivity (Wildman–Crippen MR) is 75.0 cm³/mol. The summed E-state index contributed by atoms with van der Waals surface area (Å²) in [5.74, 6) is 1.19. The Morgan fingerprint density at radius 1 is 1.44 bits per heavy atom. The molecule has 3 heteroatoms. The molecule has 0 bridgehead atoms. The zero-order valence-electron chi connectivity index (χ0n) is 10.4. The van der Waals surface area contributed by atoms with E-state index < -0.39 is 0 Å². The van der Waals surface area contributed by atoms with E-state index in [1.54, 1.807) is 0 Å². The van der Waals surface area contributed by atoms with Crippen LogP contribution in [0.3, 0.4) is 0 Å². The third-order valence-corrected chi connectivity index (χ3v) is 3.68. The molecule has 0 radical (unpaired) electrons. The van der Waals surface area contributed by atoms with Crippen LogP contribution in [0, 0.1) is 0 Å². The first-order valence-electron chi connectivity index (χ1n) is 5.67. The lowest BCUT2D eigenvalue weighted by atomic mass is 10.1. The van der Waals surface area contributed by atoms with Crippen LogP contribution in [0.2, 0.25) is 0 Å². The number of benzene rings is 1. The van der Waals surface area contributed by atoms with Crippen LogP contribution < -0.4 is 5.73 Å². The van der Waals surface area contributed by atoms with Crippen molar-refractivity contribution in [1.82, 2.24) is 4.90 Å². The summed E-state index contributed by atoms with van der Waals surface area (Å²) in [5.41, 5.74) is 7.94. The highest BCUT2D eigenvalue weighted by Crippen LogP contribution is 2.09. The molecule has 0 saturated carbocycles. The van der Waals surface area contributed by atoms with Gasteiger partial charge in [-0.3, -0.25) is 0 Å². The SMILES string of the molecule is CSCC(C)N(C)CCc1cccc(N)c1. The Morgan fingerprint density at radius 3 is 2.81 bits per heavy atom. The van der Waals surface area contributed by atoms with Crippen LogP contribution in [0.15, 0.2) is 24.3 Å². The molecule has 0 saturated heterocycles. The van der Waals surface area contributed by atoms with Crippen LogP contribution >= 0.6 is 11.8 Å². The summed E-state index contributed by atoms with van der Waals surface area (Å²) in [6.45, 7) is 3.36. The van der Waals surface area contributed by atoms with Crippen molar-refractivity contribution in [2.45, 2.75) is 19.4 Å². The second-order valence-corrected chi connectivity index (χ2v) is 5.19. The second kappa shape index (κ2) is 6.81. The van der Waals surface area contributed by atoms with Crippen molar-refractivity contribution in [3.63, 3.8) is 0 Å². The Kier molecular flexibility index (Phi) is 5.71. The largest absolute Gasteiger partial charge is 0.399 e. The molecule has 0 aromatic heterocycles. The summed E-state index contributed by atoms with van der Waals surface area (Å²) in [6.07, 6.45) is 3.22. The molecule has 0 amide bonds. The number of nitrogen functional groups attached to an aromatic ring is 1. The van der Waals surface area contributed by atoms with E-state index in [9.17, 15) is 0 Å². The van der Waals surface area contributed by atoms with Crippen molar-refractivity contribution in [1.29, 1.82) is 0 Å². The van der Waals surface area contributed by atoms with E-state index in [-0.39, 0.29) is 0 Å².